The molecule has 0 amide bonds. The SMILES string of the molecule is CC1(C)OB(C2(B3OC(C)(C)C(C)(C)O3)CC=CC=C2c2ccccc2)OC1(C)C. The lowest BCUT2D eigenvalue weighted by Crippen LogP contribution is -2.50. The van der Waals surface area contributed by atoms with Gasteiger partial charge in [-0.25, -0.2) is 0 Å². The van der Waals surface area contributed by atoms with Crippen LogP contribution in [0, 0.1) is 0 Å². The molecule has 0 unspecified atom stereocenters. The fourth-order valence-corrected chi connectivity index (χ4v) is 4.34. The van der Waals surface area contributed by atoms with E-state index in [0.29, 0.717) is 6.42 Å². The summed E-state index contributed by atoms with van der Waals surface area (Å²) in [6.45, 7) is 16.7. The second kappa shape index (κ2) is 6.83. The molecule has 2 heterocycles. The average Bonchev–Trinajstić information content (AvgIpc) is 3.02. The first-order valence-electron chi connectivity index (χ1n) is 11.0. The van der Waals surface area contributed by atoms with Gasteiger partial charge in [-0.2, -0.15) is 0 Å². The van der Waals surface area contributed by atoms with E-state index in [-0.39, 0.29) is 0 Å². The molecule has 4 rings (SSSR count). The molecule has 4 nitrogen and oxygen atoms in total. The highest BCUT2D eigenvalue weighted by Crippen LogP contribution is 2.60. The Labute approximate surface area is 182 Å². The number of benzene rings is 1. The van der Waals surface area contributed by atoms with Crippen LogP contribution in [0.5, 0.6) is 0 Å². The van der Waals surface area contributed by atoms with Crippen LogP contribution in [0.15, 0.2) is 48.6 Å². The van der Waals surface area contributed by atoms with Crippen LogP contribution in [0.3, 0.4) is 0 Å². The maximum absolute atomic E-state index is 6.65. The largest absolute Gasteiger partial charge is 0.467 e. The van der Waals surface area contributed by atoms with Crippen molar-refractivity contribution in [1.82, 2.24) is 0 Å². The van der Waals surface area contributed by atoms with Gasteiger partial charge < -0.3 is 18.6 Å². The van der Waals surface area contributed by atoms with E-state index in [4.69, 9.17) is 18.6 Å². The molecule has 2 fully saturated rings. The van der Waals surface area contributed by atoms with Gasteiger partial charge >= 0.3 is 14.2 Å². The first-order chi connectivity index (χ1) is 13.8. The van der Waals surface area contributed by atoms with Crippen LogP contribution >= 0.6 is 0 Å². The van der Waals surface area contributed by atoms with E-state index in [2.05, 4.69) is 97.9 Å². The van der Waals surface area contributed by atoms with Crippen LogP contribution in [-0.2, 0) is 18.6 Å². The fourth-order valence-electron chi connectivity index (χ4n) is 4.34. The maximum Gasteiger partial charge on any atom is 0.467 e. The predicted molar refractivity (Wildman–Crippen MR) is 123 cm³/mol. The minimum absolute atomic E-state index is 0.447. The molecule has 0 atom stereocenters. The van der Waals surface area contributed by atoms with Crippen LogP contribution < -0.4 is 0 Å². The summed E-state index contributed by atoms with van der Waals surface area (Å²) in [5.74, 6) is 0. The highest BCUT2D eigenvalue weighted by molar-refractivity contribution is 6.75. The van der Waals surface area contributed by atoms with Crippen molar-refractivity contribution in [3.8, 4) is 0 Å². The van der Waals surface area contributed by atoms with Crippen LogP contribution in [0.25, 0.3) is 5.57 Å². The Balaban J connectivity index is 1.87. The van der Waals surface area contributed by atoms with E-state index in [0.717, 1.165) is 11.1 Å². The highest BCUT2D eigenvalue weighted by atomic mass is 16.7. The Bertz CT molecular complexity index is 802. The van der Waals surface area contributed by atoms with E-state index in [1.807, 2.05) is 6.07 Å². The molecule has 2 aliphatic heterocycles. The van der Waals surface area contributed by atoms with Crippen molar-refractivity contribution in [2.45, 2.75) is 89.4 Å². The van der Waals surface area contributed by atoms with E-state index in [9.17, 15) is 0 Å². The number of allylic oxidation sites excluding steroid dienone is 4. The monoisotopic (exact) mass is 408 g/mol. The van der Waals surface area contributed by atoms with Crippen molar-refractivity contribution in [3.63, 3.8) is 0 Å². The average molecular weight is 408 g/mol. The maximum atomic E-state index is 6.65. The molecule has 1 aliphatic carbocycles. The number of hydrogen-bond acceptors (Lipinski definition) is 4. The first-order valence-corrected chi connectivity index (χ1v) is 11.0. The van der Waals surface area contributed by atoms with E-state index in [1.165, 1.54) is 0 Å². The van der Waals surface area contributed by atoms with Gasteiger partial charge in [-0.3, -0.25) is 0 Å². The van der Waals surface area contributed by atoms with Gasteiger partial charge in [0.15, 0.2) is 0 Å². The predicted octanol–water partition coefficient (Wildman–Crippen LogP) is 5.49. The summed E-state index contributed by atoms with van der Waals surface area (Å²) >= 11 is 0. The smallest absolute Gasteiger partial charge is 0.403 e. The zero-order valence-electron chi connectivity index (χ0n) is 19.6. The number of rotatable bonds is 3. The second-order valence-corrected chi connectivity index (χ2v) is 10.8. The summed E-state index contributed by atoms with van der Waals surface area (Å²) in [5, 5.41) is -0.633. The van der Waals surface area contributed by atoms with Crippen molar-refractivity contribution < 1.29 is 18.6 Å². The summed E-state index contributed by atoms with van der Waals surface area (Å²) in [5.41, 5.74) is 0.470. The lowest BCUT2D eigenvalue weighted by molar-refractivity contribution is 0.00578. The third-order valence-corrected chi connectivity index (χ3v) is 7.79. The van der Waals surface area contributed by atoms with Crippen molar-refractivity contribution in [1.29, 1.82) is 0 Å². The van der Waals surface area contributed by atoms with Gasteiger partial charge in [0.05, 0.1) is 27.6 Å². The quantitative estimate of drug-likeness (QED) is 0.620. The lowest BCUT2D eigenvalue weighted by Gasteiger charge is -2.40. The van der Waals surface area contributed by atoms with Gasteiger partial charge in [0.1, 0.15) is 0 Å². The van der Waals surface area contributed by atoms with Gasteiger partial charge in [0.2, 0.25) is 0 Å². The third-order valence-electron chi connectivity index (χ3n) is 7.79. The molecule has 2 saturated heterocycles. The van der Waals surface area contributed by atoms with Crippen LogP contribution in [0.2, 0.25) is 5.21 Å². The van der Waals surface area contributed by atoms with Crippen molar-refractivity contribution in [2.75, 3.05) is 0 Å². The Morgan fingerprint density at radius 1 is 0.667 bits per heavy atom. The summed E-state index contributed by atoms with van der Waals surface area (Å²) in [6.07, 6.45) is 7.15. The van der Waals surface area contributed by atoms with Crippen molar-refractivity contribution in [3.05, 3.63) is 54.1 Å². The minimum Gasteiger partial charge on any atom is -0.403 e. The van der Waals surface area contributed by atoms with Crippen molar-refractivity contribution >= 4 is 19.8 Å². The van der Waals surface area contributed by atoms with Crippen molar-refractivity contribution in [2.24, 2.45) is 0 Å². The van der Waals surface area contributed by atoms with Crippen LogP contribution in [0.4, 0.5) is 0 Å². The van der Waals surface area contributed by atoms with Gasteiger partial charge in [-0.05, 0) is 72.9 Å². The zero-order valence-corrected chi connectivity index (χ0v) is 19.6. The molecule has 0 N–H and O–H groups in total. The van der Waals surface area contributed by atoms with E-state index in [1.54, 1.807) is 0 Å². The minimum atomic E-state index is -0.633. The lowest BCUT2D eigenvalue weighted by atomic mass is 9.33. The van der Waals surface area contributed by atoms with Gasteiger partial charge in [-0.1, -0.05) is 48.6 Å². The molecular formula is C24H34B2O4. The normalized spacial score (nSPS) is 27.9. The molecule has 0 spiro atoms. The molecule has 6 heteroatoms. The molecule has 0 bridgehead atoms. The standard InChI is InChI=1S/C24H34B2O4/c1-20(2)21(3,4)28-25(27-20)24(26-29-22(5,6)23(7,8)30-26)17-13-12-16-19(24)18-14-10-9-11-15-18/h9-16H,17H2,1-8H3. The summed E-state index contributed by atoms with van der Waals surface area (Å²) in [4.78, 5) is 0. The Morgan fingerprint density at radius 2 is 1.10 bits per heavy atom. The molecule has 1 aromatic rings. The Hall–Kier alpha value is -1.33. The molecule has 160 valence electrons. The van der Waals surface area contributed by atoms with Crippen LogP contribution in [-0.4, -0.2) is 36.6 Å². The first kappa shape index (κ1) is 21.9. The van der Waals surface area contributed by atoms with E-state index >= 15 is 0 Å². The molecule has 0 saturated carbocycles. The summed E-state index contributed by atoms with van der Waals surface area (Å²) in [7, 11) is -1.01. The highest BCUT2D eigenvalue weighted by Gasteiger charge is 2.70. The summed E-state index contributed by atoms with van der Waals surface area (Å²) < 4.78 is 26.6. The topological polar surface area (TPSA) is 36.9 Å². The number of hydrogen-bond donors (Lipinski definition) is 0. The molecule has 0 aromatic heterocycles. The van der Waals surface area contributed by atoms with Gasteiger partial charge in [0.25, 0.3) is 0 Å². The Kier molecular flexibility index (Phi) is 4.98. The van der Waals surface area contributed by atoms with Crippen LogP contribution in [0.1, 0.15) is 67.4 Å². The summed E-state index contributed by atoms with van der Waals surface area (Å²) in [6, 6.07) is 10.4. The van der Waals surface area contributed by atoms with Gasteiger partial charge in [-0.15, -0.1) is 0 Å². The zero-order chi connectivity index (χ0) is 22.0. The molecular weight excluding hydrogens is 374 g/mol. The third kappa shape index (κ3) is 3.15. The molecule has 3 aliphatic rings. The van der Waals surface area contributed by atoms with Gasteiger partial charge in [0, 0.05) is 0 Å². The van der Waals surface area contributed by atoms with E-state index < -0.39 is 41.9 Å². The fraction of sp³-hybridized carbons (Fsp3) is 0.583. The molecule has 0 radical (unpaired) electrons. The molecule has 1 aromatic carbocycles. The second-order valence-electron chi connectivity index (χ2n) is 10.8. The molecule has 30 heavy (non-hydrogen) atoms. The Morgan fingerprint density at radius 3 is 1.53 bits per heavy atom.